The number of aromatic nitrogens is 1. The van der Waals surface area contributed by atoms with Crippen LogP contribution in [0.5, 0.6) is 5.75 Å². The van der Waals surface area contributed by atoms with E-state index in [9.17, 15) is 9.18 Å². The molecule has 0 radical (unpaired) electrons. The first-order valence-electron chi connectivity index (χ1n) is 8.27. The van der Waals surface area contributed by atoms with E-state index in [0.29, 0.717) is 18.7 Å². The smallest absolute Gasteiger partial charge is 0.257 e. The zero-order valence-corrected chi connectivity index (χ0v) is 15.2. The van der Waals surface area contributed by atoms with Crippen LogP contribution in [-0.2, 0) is 11.2 Å². The van der Waals surface area contributed by atoms with Gasteiger partial charge in [-0.2, -0.15) is 0 Å². The lowest BCUT2D eigenvalue weighted by Gasteiger charge is -2.08. The van der Waals surface area contributed by atoms with E-state index in [1.165, 1.54) is 12.1 Å². The third kappa shape index (κ3) is 5.13. The Morgan fingerprint density at radius 3 is 2.54 bits per heavy atom. The molecule has 26 heavy (non-hydrogen) atoms. The van der Waals surface area contributed by atoms with Gasteiger partial charge >= 0.3 is 0 Å². The summed E-state index contributed by atoms with van der Waals surface area (Å²) >= 11 is 1.60. The number of hydrogen-bond donors (Lipinski definition) is 1. The SMILES string of the molecule is Cc1csc(-c2ccc(OCC(=O)NCCc3ccc(F)cc3)cc2)n1. The van der Waals surface area contributed by atoms with E-state index in [1.54, 1.807) is 23.5 Å². The highest BCUT2D eigenvalue weighted by molar-refractivity contribution is 7.13. The number of nitrogens with one attached hydrogen (secondary N) is 1. The van der Waals surface area contributed by atoms with E-state index in [4.69, 9.17) is 4.74 Å². The van der Waals surface area contributed by atoms with Gasteiger partial charge in [0.2, 0.25) is 0 Å². The number of hydrogen-bond acceptors (Lipinski definition) is 4. The van der Waals surface area contributed by atoms with Crippen LogP contribution in [0.1, 0.15) is 11.3 Å². The number of aryl methyl sites for hydroxylation is 1. The molecule has 1 aromatic heterocycles. The number of carbonyl (C=O) groups excluding carboxylic acids is 1. The summed E-state index contributed by atoms with van der Waals surface area (Å²) in [6.45, 7) is 2.40. The van der Waals surface area contributed by atoms with Crippen molar-refractivity contribution in [3.63, 3.8) is 0 Å². The molecule has 2 aromatic carbocycles. The van der Waals surface area contributed by atoms with Crippen LogP contribution in [0.4, 0.5) is 4.39 Å². The third-order valence-electron chi connectivity index (χ3n) is 3.74. The lowest BCUT2D eigenvalue weighted by atomic mass is 10.1. The number of nitrogens with zero attached hydrogens (tertiary/aromatic N) is 1. The highest BCUT2D eigenvalue weighted by Crippen LogP contribution is 2.25. The number of carbonyl (C=O) groups is 1. The monoisotopic (exact) mass is 370 g/mol. The van der Waals surface area contributed by atoms with Crippen molar-refractivity contribution in [3.05, 3.63) is 71.0 Å². The van der Waals surface area contributed by atoms with Gasteiger partial charge in [0.05, 0.1) is 0 Å². The second-order valence-electron chi connectivity index (χ2n) is 5.83. The molecule has 6 heteroatoms. The number of benzene rings is 2. The second kappa shape index (κ2) is 8.58. The summed E-state index contributed by atoms with van der Waals surface area (Å²) in [5.74, 6) is 0.185. The Morgan fingerprint density at radius 1 is 1.15 bits per heavy atom. The Hall–Kier alpha value is -2.73. The first kappa shape index (κ1) is 18.1. The predicted molar refractivity (Wildman–Crippen MR) is 101 cm³/mol. The van der Waals surface area contributed by atoms with Gasteiger partial charge in [-0.15, -0.1) is 11.3 Å². The highest BCUT2D eigenvalue weighted by Gasteiger charge is 2.05. The zero-order valence-electron chi connectivity index (χ0n) is 14.4. The summed E-state index contributed by atoms with van der Waals surface area (Å²) in [4.78, 5) is 16.3. The number of rotatable bonds is 7. The zero-order chi connectivity index (χ0) is 18.4. The molecule has 1 amide bonds. The second-order valence-corrected chi connectivity index (χ2v) is 6.69. The molecule has 0 fully saturated rings. The summed E-state index contributed by atoms with van der Waals surface area (Å²) < 4.78 is 18.3. The third-order valence-corrected chi connectivity index (χ3v) is 4.75. The fourth-order valence-corrected chi connectivity index (χ4v) is 3.18. The van der Waals surface area contributed by atoms with E-state index < -0.39 is 0 Å². The van der Waals surface area contributed by atoms with Crippen LogP contribution in [0.15, 0.2) is 53.9 Å². The average molecular weight is 370 g/mol. The molecule has 0 spiro atoms. The fraction of sp³-hybridized carbons (Fsp3) is 0.200. The Balaban J connectivity index is 1.42. The van der Waals surface area contributed by atoms with Gasteiger partial charge in [0.15, 0.2) is 6.61 Å². The van der Waals surface area contributed by atoms with Crippen molar-refractivity contribution >= 4 is 17.2 Å². The van der Waals surface area contributed by atoms with Crippen LogP contribution in [0, 0.1) is 12.7 Å². The summed E-state index contributed by atoms with van der Waals surface area (Å²) in [5, 5.41) is 5.77. The molecule has 1 heterocycles. The number of ether oxygens (including phenoxy) is 1. The van der Waals surface area contributed by atoms with Crippen molar-refractivity contribution in [2.75, 3.05) is 13.2 Å². The molecule has 0 aliphatic heterocycles. The number of amides is 1. The quantitative estimate of drug-likeness (QED) is 0.684. The minimum Gasteiger partial charge on any atom is -0.484 e. The van der Waals surface area contributed by atoms with Crippen molar-refractivity contribution < 1.29 is 13.9 Å². The van der Waals surface area contributed by atoms with E-state index in [1.807, 2.05) is 36.6 Å². The van der Waals surface area contributed by atoms with Crippen molar-refractivity contribution in [2.24, 2.45) is 0 Å². The van der Waals surface area contributed by atoms with Gasteiger partial charge in [-0.1, -0.05) is 12.1 Å². The number of thiazole rings is 1. The van der Waals surface area contributed by atoms with Gasteiger partial charge in [-0.25, -0.2) is 9.37 Å². The van der Waals surface area contributed by atoms with Crippen LogP contribution in [-0.4, -0.2) is 24.0 Å². The lowest BCUT2D eigenvalue weighted by Crippen LogP contribution is -2.30. The molecular formula is C20H19FN2O2S. The van der Waals surface area contributed by atoms with E-state index in [-0.39, 0.29) is 18.3 Å². The van der Waals surface area contributed by atoms with E-state index in [0.717, 1.165) is 21.8 Å². The van der Waals surface area contributed by atoms with Gasteiger partial charge in [0.25, 0.3) is 5.91 Å². The fourth-order valence-electron chi connectivity index (χ4n) is 2.38. The van der Waals surface area contributed by atoms with Crippen LogP contribution in [0.25, 0.3) is 10.6 Å². The average Bonchev–Trinajstić information content (AvgIpc) is 3.08. The molecule has 0 unspecified atom stereocenters. The molecule has 4 nitrogen and oxygen atoms in total. The Bertz CT molecular complexity index is 860. The van der Waals surface area contributed by atoms with Crippen LogP contribution >= 0.6 is 11.3 Å². The minimum absolute atomic E-state index is 0.0425. The molecule has 3 aromatic rings. The summed E-state index contributed by atoms with van der Waals surface area (Å²) in [7, 11) is 0. The molecular weight excluding hydrogens is 351 g/mol. The first-order chi connectivity index (χ1) is 12.6. The largest absolute Gasteiger partial charge is 0.484 e. The molecule has 1 N–H and O–H groups in total. The van der Waals surface area contributed by atoms with Crippen LogP contribution < -0.4 is 10.1 Å². The molecule has 0 aliphatic carbocycles. The highest BCUT2D eigenvalue weighted by atomic mass is 32.1. The van der Waals surface area contributed by atoms with Crippen molar-refractivity contribution in [1.82, 2.24) is 10.3 Å². The number of halogens is 1. The lowest BCUT2D eigenvalue weighted by molar-refractivity contribution is -0.123. The van der Waals surface area contributed by atoms with Crippen molar-refractivity contribution in [1.29, 1.82) is 0 Å². The Morgan fingerprint density at radius 2 is 1.88 bits per heavy atom. The maximum absolute atomic E-state index is 12.8. The predicted octanol–water partition coefficient (Wildman–Crippen LogP) is 4.00. The Kier molecular flexibility index (Phi) is 5.96. The summed E-state index contributed by atoms with van der Waals surface area (Å²) in [5.41, 5.74) is 3.00. The van der Waals surface area contributed by atoms with E-state index in [2.05, 4.69) is 10.3 Å². The van der Waals surface area contributed by atoms with E-state index >= 15 is 0 Å². The molecule has 0 saturated carbocycles. The summed E-state index contributed by atoms with van der Waals surface area (Å²) in [6.07, 6.45) is 0.647. The summed E-state index contributed by atoms with van der Waals surface area (Å²) in [6, 6.07) is 13.8. The van der Waals surface area contributed by atoms with Gasteiger partial charge in [-0.05, 0) is 55.3 Å². The Labute approximate surface area is 155 Å². The van der Waals surface area contributed by atoms with Gasteiger partial charge in [-0.3, -0.25) is 4.79 Å². The molecule has 0 bridgehead atoms. The van der Waals surface area contributed by atoms with Gasteiger partial charge in [0.1, 0.15) is 16.6 Å². The van der Waals surface area contributed by atoms with Crippen LogP contribution in [0.3, 0.4) is 0 Å². The standard InChI is InChI=1S/C20H19FN2O2S/c1-14-13-26-20(23-14)16-4-8-18(9-5-16)25-12-19(24)22-11-10-15-2-6-17(21)7-3-15/h2-9,13H,10-12H2,1H3,(H,22,24). The van der Waals surface area contributed by atoms with Gasteiger partial charge in [0, 0.05) is 23.2 Å². The molecule has 3 rings (SSSR count). The molecule has 134 valence electrons. The topological polar surface area (TPSA) is 51.2 Å². The normalized spacial score (nSPS) is 10.5. The molecule has 0 aliphatic rings. The molecule has 0 saturated heterocycles. The molecule has 0 atom stereocenters. The van der Waals surface area contributed by atoms with Crippen LogP contribution in [0.2, 0.25) is 0 Å². The van der Waals surface area contributed by atoms with Crippen molar-refractivity contribution in [3.8, 4) is 16.3 Å². The maximum atomic E-state index is 12.8. The maximum Gasteiger partial charge on any atom is 0.257 e. The first-order valence-corrected chi connectivity index (χ1v) is 9.14. The van der Waals surface area contributed by atoms with Crippen molar-refractivity contribution in [2.45, 2.75) is 13.3 Å². The minimum atomic E-state index is -0.262. The van der Waals surface area contributed by atoms with Gasteiger partial charge < -0.3 is 10.1 Å².